The monoisotopic (exact) mass is 541 g/mol. The number of rotatable bonds is 6. The van der Waals surface area contributed by atoms with Gasteiger partial charge in [-0.1, -0.05) is 0 Å². The van der Waals surface area contributed by atoms with Crippen LogP contribution < -0.4 is 0 Å². The molecule has 0 radical (unpaired) electrons. The number of pyridine rings is 1. The van der Waals surface area contributed by atoms with Crippen molar-refractivity contribution in [2.24, 2.45) is 11.4 Å². The van der Waals surface area contributed by atoms with Crippen LogP contribution in [0.1, 0.15) is 21.5 Å². The lowest BCUT2D eigenvalue weighted by molar-refractivity contribution is -0.137. The Labute approximate surface area is 215 Å². The van der Waals surface area contributed by atoms with Gasteiger partial charge in [0.05, 0.1) is 38.9 Å². The minimum absolute atomic E-state index is 0.0127. The average Bonchev–Trinajstić information content (AvgIpc) is 3.38. The van der Waals surface area contributed by atoms with Gasteiger partial charge in [0, 0.05) is 47.7 Å². The van der Waals surface area contributed by atoms with Crippen LogP contribution in [0.5, 0.6) is 0 Å². The molecule has 0 fully saturated rings. The van der Waals surface area contributed by atoms with Crippen LogP contribution in [-0.2, 0) is 28.7 Å². The SMILES string of the molecule is Cn1cc2c3cc(C(=O)N=S(=O)(CCO)Cc4ccncc4)ccc3n(-c3ccc(C(F)(F)F)cc3)c2n1. The lowest BCUT2D eigenvalue weighted by Crippen LogP contribution is -2.15. The van der Waals surface area contributed by atoms with Crippen molar-refractivity contribution in [1.29, 1.82) is 0 Å². The molecule has 1 atom stereocenters. The zero-order valence-corrected chi connectivity index (χ0v) is 20.9. The summed E-state index contributed by atoms with van der Waals surface area (Å²) in [7, 11) is -1.38. The van der Waals surface area contributed by atoms with Crippen molar-refractivity contribution in [3.63, 3.8) is 0 Å². The number of halogens is 3. The standard InChI is InChI=1S/C26H22F3N5O3S/c1-33-15-22-21-14-18(25(36)32-38(37,13-12-35)16-17-8-10-30-11-9-17)2-7-23(21)34(24(22)31-33)20-5-3-19(4-6-20)26(27,28)29/h2-11,14-15,35H,12-13,16H2,1H3. The summed E-state index contributed by atoms with van der Waals surface area (Å²) in [5, 5.41) is 15.3. The second kappa shape index (κ2) is 9.69. The number of alkyl halides is 3. The quantitative estimate of drug-likeness (QED) is 0.335. The van der Waals surface area contributed by atoms with Gasteiger partial charge in [0.15, 0.2) is 5.65 Å². The van der Waals surface area contributed by atoms with E-state index in [0.717, 1.165) is 12.1 Å². The molecule has 12 heteroatoms. The highest BCUT2D eigenvalue weighted by atomic mass is 32.2. The van der Waals surface area contributed by atoms with E-state index in [4.69, 9.17) is 0 Å². The summed E-state index contributed by atoms with van der Waals surface area (Å²) in [6.45, 7) is -0.397. The van der Waals surface area contributed by atoms with Gasteiger partial charge < -0.3 is 5.11 Å². The van der Waals surface area contributed by atoms with Crippen molar-refractivity contribution in [3.05, 3.63) is 89.9 Å². The van der Waals surface area contributed by atoms with Gasteiger partial charge in [-0.2, -0.15) is 22.6 Å². The molecule has 196 valence electrons. The third-order valence-electron chi connectivity index (χ3n) is 6.05. The Morgan fingerprint density at radius 3 is 2.42 bits per heavy atom. The first-order valence-corrected chi connectivity index (χ1v) is 13.4. The van der Waals surface area contributed by atoms with Crippen molar-refractivity contribution >= 4 is 37.6 Å². The largest absolute Gasteiger partial charge is 0.416 e. The van der Waals surface area contributed by atoms with Crippen molar-refractivity contribution in [3.8, 4) is 5.69 Å². The normalized spacial score (nSPS) is 13.6. The first kappa shape index (κ1) is 25.6. The number of carbonyl (C=O) groups is 1. The number of amides is 1. The topological polar surface area (TPSA) is 102 Å². The number of aliphatic hydroxyl groups is 1. The van der Waals surface area contributed by atoms with E-state index < -0.39 is 34.0 Å². The molecule has 0 saturated carbocycles. The van der Waals surface area contributed by atoms with Crippen LogP contribution in [-0.4, -0.2) is 46.9 Å². The second-order valence-corrected chi connectivity index (χ2v) is 11.2. The Morgan fingerprint density at radius 1 is 1.05 bits per heavy atom. The Bertz CT molecular complexity index is 1770. The Kier molecular flexibility index (Phi) is 6.53. The molecular formula is C26H22F3N5O3S. The van der Waals surface area contributed by atoms with Crippen LogP contribution in [0.25, 0.3) is 27.6 Å². The molecule has 1 N–H and O–H groups in total. The molecular weight excluding hydrogens is 519 g/mol. The highest BCUT2D eigenvalue weighted by Gasteiger charge is 2.30. The van der Waals surface area contributed by atoms with Crippen molar-refractivity contribution < 1.29 is 27.3 Å². The van der Waals surface area contributed by atoms with Gasteiger partial charge in [-0.15, -0.1) is 0 Å². The second-order valence-electron chi connectivity index (χ2n) is 8.75. The van der Waals surface area contributed by atoms with Gasteiger partial charge in [-0.25, -0.2) is 4.21 Å². The maximum atomic E-state index is 13.4. The summed E-state index contributed by atoms with van der Waals surface area (Å²) in [5.74, 6) is -0.875. The summed E-state index contributed by atoms with van der Waals surface area (Å²) in [4.78, 5) is 17.1. The van der Waals surface area contributed by atoms with Crippen LogP contribution in [0.15, 0.2) is 77.6 Å². The molecule has 0 bridgehead atoms. The predicted molar refractivity (Wildman–Crippen MR) is 137 cm³/mol. The number of aliphatic hydroxyl groups excluding tert-OH is 1. The van der Waals surface area contributed by atoms with E-state index in [0.29, 0.717) is 33.2 Å². The Balaban J connectivity index is 1.59. The number of nitrogens with zero attached hydrogens (tertiary/aromatic N) is 5. The highest BCUT2D eigenvalue weighted by molar-refractivity contribution is 7.93. The van der Waals surface area contributed by atoms with Crippen LogP contribution >= 0.6 is 0 Å². The Hall–Kier alpha value is -4.03. The number of benzene rings is 2. The summed E-state index contributed by atoms with van der Waals surface area (Å²) in [6.07, 6.45) is 0.388. The minimum atomic E-state index is -4.46. The fourth-order valence-electron chi connectivity index (χ4n) is 4.32. The molecule has 0 aliphatic heterocycles. The van der Waals surface area contributed by atoms with Gasteiger partial charge in [0.25, 0.3) is 5.91 Å². The number of aromatic nitrogens is 4. The average molecular weight is 542 g/mol. The summed E-state index contributed by atoms with van der Waals surface area (Å²) in [6, 6.07) is 12.9. The molecule has 1 unspecified atom stereocenters. The van der Waals surface area contributed by atoms with Gasteiger partial charge in [-0.3, -0.25) is 19.0 Å². The lowest BCUT2D eigenvalue weighted by atomic mass is 10.1. The number of aryl methyl sites for hydroxylation is 1. The molecule has 38 heavy (non-hydrogen) atoms. The number of hydrogen-bond acceptors (Lipinski definition) is 5. The van der Waals surface area contributed by atoms with Crippen LogP contribution in [0.2, 0.25) is 0 Å². The van der Waals surface area contributed by atoms with E-state index in [-0.39, 0.29) is 17.1 Å². The predicted octanol–water partition coefficient (Wildman–Crippen LogP) is 4.73. The molecule has 0 saturated heterocycles. The maximum absolute atomic E-state index is 13.4. The molecule has 0 aliphatic rings. The smallest absolute Gasteiger partial charge is 0.395 e. The van der Waals surface area contributed by atoms with E-state index >= 15 is 0 Å². The van der Waals surface area contributed by atoms with Crippen molar-refractivity contribution in [2.45, 2.75) is 11.9 Å². The van der Waals surface area contributed by atoms with Gasteiger partial charge in [-0.05, 0) is 60.2 Å². The van der Waals surface area contributed by atoms with Crippen molar-refractivity contribution in [1.82, 2.24) is 19.3 Å². The van der Waals surface area contributed by atoms with Crippen molar-refractivity contribution in [2.75, 3.05) is 12.4 Å². The molecule has 0 aliphatic carbocycles. The third-order valence-corrected chi connectivity index (χ3v) is 8.15. The van der Waals surface area contributed by atoms with E-state index in [1.54, 1.807) is 59.2 Å². The van der Waals surface area contributed by atoms with Gasteiger partial charge >= 0.3 is 6.18 Å². The summed E-state index contributed by atoms with van der Waals surface area (Å²) < 4.78 is 60.0. The van der Waals surface area contributed by atoms with E-state index in [2.05, 4.69) is 14.4 Å². The van der Waals surface area contributed by atoms with Gasteiger partial charge in [0.1, 0.15) is 0 Å². The highest BCUT2D eigenvalue weighted by Crippen LogP contribution is 2.34. The summed E-state index contributed by atoms with van der Waals surface area (Å²) in [5.41, 5.74) is 1.72. The van der Waals surface area contributed by atoms with E-state index in [1.807, 2.05) is 0 Å². The van der Waals surface area contributed by atoms with Crippen LogP contribution in [0.3, 0.4) is 0 Å². The first-order chi connectivity index (χ1) is 18.1. The molecule has 5 aromatic rings. The third kappa shape index (κ3) is 4.92. The zero-order valence-electron chi connectivity index (χ0n) is 20.1. The fraction of sp³-hybridized carbons (Fsp3) is 0.192. The van der Waals surface area contributed by atoms with E-state index in [1.165, 1.54) is 18.2 Å². The maximum Gasteiger partial charge on any atom is 0.416 e. The molecule has 3 heterocycles. The number of fused-ring (bicyclic) bond motifs is 3. The molecule has 1 amide bonds. The summed E-state index contributed by atoms with van der Waals surface area (Å²) >= 11 is 0. The lowest BCUT2D eigenvalue weighted by Gasteiger charge is -2.10. The molecule has 3 aromatic heterocycles. The minimum Gasteiger partial charge on any atom is -0.395 e. The fourth-order valence-corrected chi connectivity index (χ4v) is 6.03. The molecule has 8 nitrogen and oxygen atoms in total. The first-order valence-electron chi connectivity index (χ1n) is 11.5. The number of hydrogen-bond donors (Lipinski definition) is 1. The zero-order chi connectivity index (χ0) is 27.1. The Morgan fingerprint density at radius 2 is 1.76 bits per heavy atom. The molecule has 5 rings (SSSR count). The van der Waals surface area contributed by atoms with Gasteiger partial charge in [0.2, 0.25) is 0 Å². The van der Waals surface area contributed by atoms with Crippen LogP contribution in [0.4, 0.5) is 13.2 Å². The van der Waals surface area contributed by atoms with E-state index in [9.17, 15) is 27.3 Å². The molecule has 2 aromatic carbocycles. The number of carbonyl (C=O) groups excluding carboxylic acids is 1. The van der Waals surface area contributed by atoms with Crippen LogP contribution in [0, 0.1) is 0 Å². The molecule has 0 spiro atoms.